The zero-order valence-electron chi connectivity index (χ0n) is 11.1. The van der Waals surface area contributed by atoms with Crippen LogP contribution in [0.3, 0.4) is 0 Å². The number of halogens is 3. The number of carbonyl (C=O) groups is 1. The first-order chi connectivity index (χ1) is 9.07. The Morgan fingerprint density at radius 3 is 2.55 bits per heavy atom. The number of carbonyl (C=O) groups excluding carboxylic acids is 1. The fraction of sp³-hybridized carbons (Fsp3) is 0.462. The lowest BCUT2D eigenvalue weighted by Crippen LogP contribution is -2.38. The number of aliphatic hydroxyl groups is 1. The smallest absolute Gasteiger partial charge is 0.422 e. The average molecular weight is 291 g/mol. The molecular weight excluding hydrogens is 275 g/mol. The predicted octanol–water partition coefficient (Wildman–Crippen LogP) is 2.13. The molecule has 0 saturated heterocycles. The van der Waals surface area contributed by atoms with Crippen LogP contribution in [0.2, 0.25) is 0 Å². The molecule has 0 heterocycles. The van der Waals surface area contributed by atoms with Crippen molar-refractivity contribution in [1.82, 2.24) is 5.32 Å². The summed E-state index contributed by atoms with van der Waals surface area (Å²) in [6.07, 6.45) is -4.43. The molecule has 0 radical (unpaired) electrons. The van der Waals surface area contributed by atoms with E-state index in [9.17, 15) is 23.1 Å². The van der Waals surface area contributed by atoms with Crippen LogP contribution in [-0.2, 0) is 0 Å². The second-order valence-corrected chi connectivity index (χ2v) is 4.93. The van der Waals surface area contributed by atoms with Gasteiger partial charge < -0.3 is 15.2 Å². The second kappa shape index (κ2) is 6.13. The van der Waals surface area contributed by atoms with Gasteiger partial charge in [0, 0.05) is 12.1 Å². The lowest BCUT2D eigenvalue weighted by atomic mass is 10.1. The molecule has 0 unspecified atom stereocenters. The molecule has 0 bridgehead atoms. The molecule has 0 saturated carbocycles. The lowest BCUT2D eigenvalue weighted by molar-refractivity contribution is -0.153. The minimum Gasteiger partial charge on any atom is -0.484 e. The fourth-order valence-corrected chi connectivity index (χ4v) is 1.29. The monoisotopic (exact) mass is 291 g/mol. The number of alkyl halides is 3. The first kappa shape index (κ1) is 16.3. The van der Waals surface area contributed by atoms with E-state index in [4.69, 9.17) is 0 Å². The molecule has 0 aliphatic heterocycles. The number of nitrogens with one attached hydrogen (secondary N) is 1. The zero-order chi connectivity index (χ0) is 15.4. The summed E-state index contributed by atoms with van der Waals surface area (Å²) in [5.41, 5.74) is -0.908. The largest absolute Gasteiger partial charge is 0.484 e. The standard InChI is InChI=1S/C13H16F3NO3/c1-12(2,19)7-17-11(18)9-4-3-5-10(6-9)20-8-13(14,15)16/h3-6,19H,7-8H2,1-2H3,(H,17,18). The molecule has 0 spiro atoms. The number of amides is 1. The summed E-state index contributed by atoms with van der Waals surface area (Å²) in [6.45, 7) is 1.66. The van der Waals surface area contributed by atoms with E-state index in [1.165, 1.54) is 38.1 Å². The highest BCUT2D eigenvalue weighted by molar-refractivity contribution is 5.94. The van der Waals surface area contributed by atoms with E-state index >= 15 is 0 Å². The number of benzene rings is 1. The summed E-state index contributed by atoms with van der Waals surface area (Å²) in [5.74, 6) is -0.539. The molecule has 1 aromatic rings. The van der Waals surface area contributed by atoms with Gasteiger partial charge in [0.25, 0.3) is 5.91 Å². The van der Waals surface area contributed by atoms with Gasteiger partial charge in [-0.3, -0.25) is 4.79 Å². The normalized spacial score (nSPS) is 12.1. The van der Waals surface area contributed by atoms with Crippen LogP contribution in [-0.4, -0.2) is 35.9 Å². The van der Waals surface area contributed by atoms with Gasteiger partial charge in [-0.2, -0.15) is 13.2 Å². The number of rotatable bonds is 5. The van der Waals surface area contributed by atoms with Gasteiger partial charge >= 0.3 is 6.18 Å². The molecule has 1 rings (SSSR count). The first-order valence-corrected chi connectivity index (χ1v) is 5.87. The van der Waals surface area contributed by atoms with Crippen molar-refractivity contribution in [3.05, 3.63) is 29.8 Å². The molecule has 0 aliphatic carbocycles. The molecule has 20 heavy (non-hydrogen) atoms. The molecule has 4 nitrogen and oxygen atoms in total. The van der Waals surface area contributed by atoms with Crippen molar-refractivity contribution in [2.24, 2.45) is 0 Å². The third-order valence-corrected chi connectivity index (χ3v) is 2.18. The van der Waals surface area contributed by atoms with Crippen LogP contribution in [0.15, 0.2) is 24.3 Å². The molecule has 0 atom stereocenters. The van der Waals surface area contributed by atoms with Gasteiger partial charge in [-0.05, 0) is 32.0 Å². The Kier molecular flexibility index (Phi) is 4.99. The summed E-state index contributed by atoms with van der Waals surface area (Å²) >= 11 is 0. The quantitative estimate of drug-likeness (QED) is 0.873. The van der Waals surface area contributed by atoms with Crippen LogP contribution in [0.4, 0.5) is 13.2 Å². The van der Waals surface area contributed by atoms with E-state index in [0.29, 0.717) is 0 Å². The molecule has 1 aromatic carbocycles. The number of hydrogen-bond donors (Lipinski definition) is 2. The van der Waals surface area contributed by atoms with E-state index in [-0.39, 0.29) is 17.9 Å². The topological polar surface area (TPSA) is 58.6 Å². The Morgan fingerprint density at radius 2 is 2.00 bits per heavy atom. The van der Waals surface area contributed by atoms with Gasteiger partial charge in [0.1, 0.15) is 5.75 Å². The summed E-state index contributed by atoms with van der Waals surface area (Å²) < 4.78 is 40.6. The maximum atomic E-state index is 12.0. The van der Waals surface area contributed by atoms with Crippen molar-refractivity contribution in [2.75, 3.05) is 13.2 Å². The SMILES string of the molecule is CC(C)(O)CNC(=O)c1cccc(OCC(F)(F)F)c1. The highest BCUT2D eigenvalue weighted by Gasteiger charge is 2.28. The van der Waals surface area contributed by atoms with Crippen LogP contribution in [0.25, 0.3) is 0 Å². The van der Waals surface area contributed by atoms with Crippen molar-refractivity contribution in [1.29, 1.82) is 0 Å². The summed E-state index contributed by atoms with van der Waals surface area (Å²) in [7, 11) is 0. The molecule has 7 heteroatoms. The molecule has 2 N–H and O–H groups in total. The Hall–Kier alpha value is -1.76. The summed E-state index contributed by atoms with van der Waals surface area (Å²) in [5, 5.41) is 11.9. The summed E-state index contributed by atoms with van der Waals surface area (Å²) in [4.78, 5) is 11.7. The number of hydrogen-bond acceptors (Lipinski definition) is 3. The maximum absolute atomic E-state index is 12.0. The molecule has 112 valence electrons. The molecule has 0 fully saturated rings. The maximum Gasteiger partial charge on any atom is 0.422 e. The fourth-order valence-electron chi connectivity index (χ4n) is 1.29. The second-order valence-electron chi connectivity index (χ2n) is 4.93. The van der Waals surface area contributed by atoms with E-state index < -0.39 is 24.3 Å². The predicted molar refractivity (Wildman–Crippen MR) is 66.6 cm³/mol. The van der Waals surface area contributed by atoms with E-state index in [1.807, 2.05) is 0 Å². The molecule has 1 amide bonds. The van der Waals surface area contributed by atoms with Crippen molar-refractivity contribution in [2.45, 2.75) is 25.6 Å². The Labute approximate surface area is 114 Å². The van der Waals surface area contributed by atoms with Crippen LogP contribution in [0, 0.1) is 0 Å². The van der Waals surface area contributed by atoms with Crippen LogP contribution >= 0.6 is 0 Å². The van der Waals surface area contributed by atoms with Crippen LogP contribution < -0.4 is 10.1 Å². The van der Waals surface area contributed by atoms with Crippen LogP contribution in [0.5, 0.6) is 5.75 Å². The van der Waals surface area contributed by atoms with Crippen molar-refractivity contribution in [3.8, 4) is 5.75 Å². The Balaban J connectivity index is 2.65. The minimum atomic E-state index is -4.43. The first-order valence-electron chi connectivity index (χ1n) is 5.87. The van der Waals surface area contributed by atoms with Gasteiger partial charge in [-0.15, -0.1) is 0 Å². The van der Waals surface area contributed by atoms with Gasteiger partial charge in [0.2, 0.25) is 0 Å². The Morgan fingerprint density at radius 1 is 1.35 bits per heavy atom. The minimum absolute atomic E-state index is 0.0273. The third-order valence-electron chi connectivity index (χ3n) is 2.18. The highest BCUT2D eigenvalue weighted by atomic mass is 19.4. The average Bonchev–Trinajstić information content (AvgIpc) is 2.32. The van der Waals surface area contributed by atoms with Gasteiger partial charge in [-0.1, -0.05) is 6.07 Å². The number of ether oxygens (including phenoxy) is 1. The molecule has 0 aromatic heterocycles. The van der Waals surface area contributed by atoms with E-state index in [0.717, 1.165) is 0 Å². The zero-order valence-corrected chi connectivity index (χ0v) is 11.1. The van der Waals surface area contributed by atoms with Gasteiger partial charge in [-0.25, -0.2) is 0 Å². The Bertz CT molecular complexity index is 467. The van der Waals surface area contributed by atoms with E-state index in [1.54, 1.807) is 0 Å². The van der Waals surface area contributed by atoms with Crippen molar-refractivity contribution in [3.63, 3.8) is 0 Å². The molecule has 0 aliphatic rings. The van der Waals surface area contributed by atoms with Crippen LogP contribution in [0.1, 0.15) is 24.2 Å². The lowest BCUT2D eigenvalue weighted by Gasteiger charge is -2.17. The van der Waals surface area contributed by atoms with Gasteiger partial charge in [0.15, 0.2) is 6.61 Å². The van der Waals surface area contributed by atoms with Crippen molar-refractivity contribution < 1.29 is 27.8 Å². The highest BCUT2D eigenvalue weighted by Crippen LogP contribution is 2.19. The van der Waals surface area contributed by atoms with E-state index in [2.05, 4.69) is 10.1 Å². The van der Waals surface area contributed by atoms with Gasteiger partial charge in [0.05, 0.1) is 5.60 Å². The summed E-state index contributed by atoms with van der Waals surface area (Å²) in [6, 6.07) is 5.41. The molecular formula is C13H16F3NO3. The third kappa shape index (κ3) is 6.42. The van der Waals surface area contributed by atoms with Crippen molar-refractivity contribution >= 4 is 5.91 Å².